The Labute approximate surface area is 283 Å². The monoisotopic (exact) mass is 618 g/mol. The zero-order valence-corrected chi connectivity index (χ0v) is 27.9. The molecule has 0 amide bonds. The fourth-order valence-corrected chi connectivity index (χ4v) is 6.96. The van der Waals surface area contributed by atoms with Crippen molar-refractivity contribution in [2.45, 2.75) is 27.7 Å². The smallest absolute Gasteiger partial charge is 0.0626 e. The minimum Gasteiger partial charge on any atom is -0.309 e. The number of anilines is 6. The molecule has 0 radical (unpaired) electrons. The molecular weight excluding hydrogens is 581 g/mol. The molecular formula is C46H38N2. The van der Waals surface area contributed by atoms with Gasteiger partial charge in [-0.2, -0.15) is 0 Å². The Hall–Kier alpha value is -5.86. The molecule has 0 N–H and O–H groups in total. The molecule has 0 aliphatic carbocycles. The van der Waals surface area contributed by atoms with Gasteiger partial charge < -0.3 is 9.80 Å². The van der Waals surface area contributed by atoms with Crippen LogP contribution in [0.1, 0.15) is 22.3 Å². The predicted octanol–water partition coefficient (Wildman–Crippen LogP) is 13.3. The van der Waals surface area contributed by atoms with Crippen LogP contribution in [-0.2, 0) is 0 Å². The van der Waals surface area contributed by atoms with Crippen molar-refractivity contribution in [1.29, 1.82) is 0 Å². The van der Waals surface area contributed by atoms with E-state index in [0.29, 0.717) is 0 Å². The topological polar surface area (TPSA) is 6.48 Å². The van der Waals surface area contributed by atoms with Gasteiger partial charge in [0.1, 0.15) is 0 Å². The third kappa shape index (κ3) is 5.16. The second-order valence-corrected chi connectivity index (χ2v) is 13.0. The number of rotatable bonds is 6. The summed E-state index contributed by atoms with van der Waals surface area (Å²) in [5.41, 5.74) is 11.8. The van der Waals surface area contributed by atoms with Crippen LogP contribution in [0, 0.1) is 27.7 Å². The lowest BCUT2D eigenvalue weighted by molar-refractivity contribution is 1.28. The Kier molecular flexibility index (Phi) is 7.42. The fraction of sp³-hybridized carbons (Fsp3) is 0.0870. The summed E-state index contributed by atoms with van der Waals surface area (Å²) in [6, 6.07) is 58.0. The summed E-state index contributed by atoms with van der Waals surface area (Å²) in [5, 5.41) is 7.27. The minimum absolute atomic E-state index is 1.13. The second-order valence-electron chi connectivity index (χ2n) is 13.0. The summed E-state index contributed by atoms with van der Waals surface area (Å²) >= 11 is 0. The molecule has 2 nitrogen and oxygen atoms in total. The van der Waals surface area contributed by atoms with E-state index >= 15 is 0 Å². The molecule has 0 heterocycles. The van der Waals surface area contributed by atoms with E-state index in [9.17, 15) is 0 Å². The van der Waals surface area contributed by atoms with Crippen LogP contribution in [0.3, 0.4) is 0 Å². The van der Waals surface area contributed by atoms with Crippen LogP contribution in [-0.4, -0.2) is 0 Å². The molecule has 48 heavy (non-hydrogen) atoms. The van der Waals surface area contributed by atoms with Crippen LogP contribution in [0.15, 0.2) is 158 Å². The lowest BCUT2D eigenvalue weighted by Crippen LogP contribution is -2.15. The van der Waals surface area contributed by atoms with Crippen LogP contribution in [0.5, 0.6) is 0 Å². The van der Waals surface area contributed by atoms with Crippen molar-refractivity contribution in [1.82, 2.24) is 0 Å². The molecule has 0 saturated heterocycles. The molecule has 0 spiro atoms. The molecule has 8 aromatic carbocycles. The maximum Gasteiger partial charge on any atom is 0.0626 e. The summed E-state index contributed by atoms with van der Waals surface area (Å²) in [7, 11) is 0. The average molecular weight is 619 g/mol. The number of hydrogen-bond donors (Lipinski definition) is 0. The van der Waals surface area contributed by atoms with Crippen LogP contribution >= 0.6 is 0 Å². The Morgan fingerprint density at radius 2 is 0.646 bits per heavy atom. The number of benzene rings is 8. The molecule has 2 heteroatoms. The average Bonchev–Trinajstić information content (AvgIpc) is 3.12. The Morgan fingerprint density at radius 3 is 1.08 bits per heavy atom. The normalized spacial score (nSPS) is 11.3. The van der Waals surface area contributed by atoms with Crippen molar-refractivity contribution in [3.8, 4) is 0 Å². The molecule has 8 rings (SSSR count). The van der Waals surface area contributed by atoms with Gasteiger partial charge in [0, 0.05) is 44.3 Å². The van der Waals surface area contributed by atoms with E-state index in [1.807, 2.05) is 0 Å². The highest BCUT2D eigenvalue weighted by molar-refractivity contribution is 6.29. The molecule has 0 bridgehead atoms. The van der Waals surface area contributed by atoms with Gasteiger partial charge >= 0.3 is 0 Å². The molecule has 0 unspecified atom stereocenters. The van der Waals surface area contributed by atoms with Gasteiger partial charge in [-0.1, -0.05) is 131 Å². The van der Waals surface area contributed by atoms with Crippen molar-refractivity contribution in [2.24, 2.45) is 0 Å². The van der Waals surface area contributed by atoms with Crippen molar-refractivity contribution >= 4 is 66.4 Å². The largest absolute Gasteiger partial charge is 0.309 e. The van der Waals surface area contributed by atoms with Crippen LogP contribution in [0.4, 0.5) is 34.1 Å². The highest BCUT2D eigenvalue weighted by Gasteiger charge is 2.26. The molecule has 8 aromatic rings. The van der Waals surface area contributed by atoms with Gasteiger partial charge in [0.2, 0.25) is 0 Å². The first-order chi connectivity index (χ1) is 23.5. The summed E-state index contributed by atoms with van der Waals surface area (Å²) in [6.07, 6.45) is 0. The number of nitrogens with zero attached hydrogens (tertiary/aromatic N) is 2. The molecule has 0 fully saturated rings. The lowest BCUT2D eigenvalue weighted by Gasteiger charge is -2.33. The van der Waals surface area contributed by atoms with Gasteiger partial charge in [-0.15, -0.1) is 0 Å². The van der Waals surface area contributed by atoms with Gasteiger partial charge in [0.05, 0.1) is 11.4 Å². The maximum absolute atomic E-state index is 2.46. The van der Waals surface area contributed by atoms with Gasteiger partial charge in [-0.3, -0.25) is 0 Å². The van der Waals surface area contributed by atoms with Crippen molar-refractivity contribution < 1.29 is 0 Å². The molecule has 0 aromatic heterocycles. The van der Waals surface area contributed by atoms with Gasteiger partial charge in [-0.05, 0) is 87.0 Å². The first kappa shape index (κ1) is 29.5. The van der Waals surface area contributed by atoms with E-state index in [0.717, 1.165) is 22.7 Å². The van der Waals surface area contributed by atoms with Gasteiger partial charge in [0.15, 0.2) is 0 Å². The quantitative estimate of drug-likeness (QED) is 0.104. The molecule has 0 saturated carbocycles. The number of hydrogen-bond acceptors (Lipinski definition) is 2. The van der Waals surface area contributed by atoms with Gasteiger partial charge in [0.25, 0.3) is 0 Å². The van der Waals surface area contributed by atoms with Crippen LogP contribution in [0.25, 0.3) is 32.3 Å². The first-order valence-electron chi connectivity index (χ1n) is 16.7. The second kappa shape index (κ2) is 12.1. The van der Waals surface area contributed by atoms with E-state index < -0.39 is 0 Å². The molecule has 232 valence electrons. The van der Waals surface area contributed by atoms with Crippen molar-refractivity contribution in [2.75, 3.05) is 9.80 Å². The molecule has 0 aliphatic rings. The predicted molar refractivity (Wildman–Crippen MR) is 207 cm³/mol. The lowest BCUT2D eigenvalue weighted by atomic mass is 9.92. The fourth-order valence-electron chi connectivity index (χ4n) is 6.96. The van der Waals surface area contributed by atoms with Crippen LogP contribution < -0.4 is 9.80 Å². The zero-order valence-electron chi connectivity index (χ0n) is 27.9. The number of aryl methyl sites for hydroxylation is 4. The Morgan fingerprint density at radius 1 is 0.292 bits per heavy atom. The summed E-state index contributed by atoms with van der Waals surface area (Å²) in [4.78, 5) is 4.91. The summed E-state index contributed by atoms with van der Waals surface area (Å²) in [5.74, 6) is 0. The highest BCUT2D eigenvalue weighted by Crippen LogP contribution is 2.52. The van der Waals surface area contributed by atoms with E-state index in [4.69, 9.17) is 0 Å². The minimum atomic E-state index is 1.13. The first-order valence-corrected chi connectivity index (χ1v) is 16.7. The van der Waals surface area contributed by atoms with E-state index in [1.54, 1.807) is 0 Å². The third-order valence-corrected chi connectivity index (χ3v) is 9.47. The van der Waals surface area contributed by atoms with Crippen LogP contribution in [0.2, 0.25) is 0 Å². The maximum atomic E-state index is 2.46. The SMILES string of the molecule is Cc1ccc(N(c2ccc(C)cc2)c2c3ccccc3c(N(c3ccc(C)cc3)c3ccc(C)cc3)c3c2ccc2ccccc23)cc1. The standard InChI is InChI=1S/C46H38N2/c1-31-13-22-36(23-14-31)47(37-24-15-32(2)16-25-37)45-41-11-7-8-12-42(41)46(44-40-10-6-5-9-35(40)21-30-43(44)45)48(38-26-17-33(3)18-27-38)39-28-19-34(4)20-29-39/h5-30H,1-4H3. The summed E-state index contributed by atoms with van der Waals surface area (Å²) < 4.78 is 0. The van der Waals surface area contributed by atoms with Gasteiger partial charge in [-0.25, -0.2) is 0 Å². The highest BCUT2D eigenvalue weighted by atomic mass is 15.2. The van der Waals surface area contributed by atoms with Crippen molar-refractivity contribution in [3.63, 3.8) is 0 Å². The Balaban J connectivity index is 1.57. The third-order valence-electron chi connectivity index (χ3n) is 9.47. The van der Waals surface area contributed by atoms with Crippen molar-refractivity contribution in [3.05, 3.63) is 180 Å². The molecule has 0 atom stereocenters. The van der Waals surface area contributed by atoms with E-state index in [1.165, 1.54) is 65.9 Å². The number of fused-ring (bicyclic) bond motifs is 4. The molecule has 0 aliphatic heterocycles. The van der Waals surface area contributed by atoms with E-state index in [2.05, 4.69) is 195 Å². The van der Waals surface area contributed by atoms with E-state index in [-0.39, 0.29) is 0 Å². The Bertz CT molecular complexity index is 2310. The zero-order chi connectivity index (χ0) is 32.8. The summed E-state index contributed by atoms with van der Waals surface area (Å²) in [6.45, 7) is 8.60.